The molecular formula is C20H17NO6. The van der Waals surface area contributed by atoms with Crippen molar-refractivity contribution >= 4 is 16.7 Å². The second-order valence-electron chi connectivity index (χ2n) is 6.03. The van der Waals surface area contributed by atoms with Gasteiger partial charge in [-0.1, -0.05) is 6.58 Å². The molecule has 0 unspecified atom stereocenters. The third-order valence-electron chi connectivity index (χ3n) is 3.92. The van der Waals surface area contributed by atoms with Gasteiger partial charge in [-0.3, -0.25) is 14.9 Å². The zero-order valence-electron chi connectivity index (χ0n) is 14.9. The minimum absolute atomic E-state index is 0.119. The van der Waals surface area contributed by atoms with E-state index in [2.05, 4.69) is 6.58 Å². The summed E-state index contributed by atoms with van der Waals surface area (Å²) in [7, 11) is 1.35. The first-order valence-electron chi connectivity index (χ1n) is 8.06. The van der Waals surface area contributed by atoms with E-state index in [0.29, 0.717) is 28.9 Å². The van der Waals surface area contributed by atoms with Gasteiger partial charge in [0.1, 0.15) is 24.2 Å². The van der Waals surface area contributed by atoms with E-state index in [1.807, 2.05) is 6.92 Å². The molecule has 0 saturated carbocycles. The molecule has 3 rings (SSSR count). The van der Waals surface area contributed by atoms with E-state index in [9.17, 15) is 14.9 Å². The molecule has 0 bridgehead atoms. The Hall–Kier alpha value is -3.61. The van der Waals surface area contributed by atoms with Crippen LogP contribution in [0.5, 0.6) is 11.5 Å². The first kappa shape index (κ1) is 18.2. The molecule has 0 aliphatic heterocycles. The summed E-state index contributed by atoms with van der Waals surface area (Å²) in [5.41, 5.74) is 1.32. The molecule has 0 spiro atoms. The van der Waals surface area contributed by atoms with Gasteiger partial charge in [0.05, 0.1) is 23.0 Å². The zero-order chi connectivity index (χ0) is 19.6. The van der Waals surface area contributed by atoms with Gasteiger partial charge in [0.2, 0.25) is 0 Å². The van der Waals surface area contributed by atoms with Crippen LogP contribution in [-0.2, 0) is 0 Å². The maximum Gasteiger partial charge on any atom is 0.311 e. The van der Waals surface area contributed by atoms with Crippen molar-refractivity contribution in [2.75, 3.05) is 13.7 Å². The van der Waals surface area contributed by atoms with Crippen molar-refractivity contribution in [3.8, 4) is 22.6 Å². The van der Waals surface area contributed by atoms with Crippen LogP contribution in [0.2, 0.25) is 0 Å². The Balaban J connectivity index is 2.06. The minimum atomic E-state index is -0.559. The molecule has 3 aromatic rings. The molecule has 0 atom stereocenters. The van der Waals surface area contributed by atoms with E-state index in [4.69, 9.17) is 13.9 Å². The quantitative estimate of drug-likeness (QED) is 0.366. The Morgan fingerprint density at radius 2 is 2.04 bits per heavy atom. The summed E-state index contributed by atoms with van der Waals surface area (Å²) in [4.78, 5) is 23.5. The van der Waals surface area contributed by atoms with Crippen molar-refractivity contribution in [2.45, 2.75) is 6.92 Å². The van der Waals surface area contributed by atoms with Crippen LogP contribution in [0.3, 0.4) is 0 Å². The summed E-state index contributed by atoms with van der Waals surface area (Å²) in [6, 6.07) is 9.22. The fourth-order valence-corrected chi connectivity index (χ4v) is 2.60. The Labute approximate surface area is 154 Å². The molecule has 7 nitrogen and oxygen atoms in total. The topological polar surface area (TPSA) is 91.8 Å². The maximum absolute atomic E-state index is 12.8. The van der Waals surface area contributed by atoms with Gasteiger partial charge in [0.25, 0.3) is 0 Å². The second kappa shape index (κ2) is 7.33. The third kappa shape index (κ3) is 3.67. The Morgan fingerprint density at radius 3 is 2.70 bits per heavy atom. The SMILES string of the molecule is C=C(C)COc1ccc2c(=O)c(-c3ccc(OC)c([N+](=O)[O-])c3)coc2c1. The van der Waals surface area contributed by atoms with Crippen molar-refractivity contribution in [3.63, 3.8) is 0 Å². The van der Waals surface area contributed by atoms with Gasteiger partial charge in [-0.25, -0.2) is 0 Å². The molecule has 138 valence electrons. The van der Waals surface area contributed by atoms with Crippen LogP contribution in [-0.4, -0.2) is 18.6 Å². The second-order valence-corrected chi connectivity index (χ2v) is 6.03. The largest absolute Gasteiger partial charge is 0.490 e. The summed E-state index contributed by atoms with van der Waals surface area (Å²) < 4.78 is 16.1. The number of ether oxygens (including phenoxy) is 2. The predicted molar refractivity (Wildman–Crippen MR) is 101 cm³/mol. The Kier molecular flexibility index (Phi) is 4.94. The van der Waals surface area contributed by atoms with Crippen molar-refractivity contribution in [3.05, 3.63) is 75.2 Å². The highest BCUT2D eigenvalue weighted by Crippen LogP contribution is 2.32. The summed E-state index contributed by atoms with van der Waals surface area (Å²) in [6.45, 7) is 5.98. The van der Waals surface area contributed by atoms with Crippen LogP contribution in [0.1, 0.15) is 6.92 Å². The van der Waals surface area contributed by atoms with Gasteiger partial charge >= 0.3 is 5.69 Å². The van der Waals surface area contributed by atoms with Crippen molar-refractivity contribution in [1.82, 2.24) is 0 Å². The molecule has 1 aromatic heterocycles. The summed E-state index contributed by atoms with van der Waals surface area (Å²) in [5.74, 6) is 0.676. The minimum Gasteiger partial charge on any atom is -0.490 e. The number of hydrogen-bond acceptors (Lipinski definition) is 6. The molecule has 0 aliphatic rings. The van der Waals surface area contributed by atoms with Crippen LogP contribution in [0.4, 0.5) is 5.69 Å². The molecule has 0 radical (unpaired) electrons. The molecule has 0 aliphatic carbocycles. The lowest BCUT2D eigenvalue weighted by molar-refractivity contribution is -0.385. The molecule has 0 N–H and O–H groups in total. The van der Waals surface area contributed by atoms with Gasteiger partial charge < -0.3 is 13.9 Å². The summed E-state index contributed by atoms with van der Waals surface area (Å²) in [6.07, 6.45) is 1.29. The molecular weight excluding hydrogens is 350 g/mol. The summed E-state index contributed by atoms with van der Waals surface area (Å²) >= 11 is 0. The van der Waals surface area contributed by atoms with E-state index in [1.165, 1.54) is 25.5 Å². The smallest absolute Gasteiger partial charge is 0.311 e. The van der Waals surface area contributed by atoms with E-state index >= 15 is 0 Å². The fourth-order valence-electron chi connectivity index (χ4n) is 2.60. The number of fused-ring (bicyclic) bond motifs is 1. The molecule has 0 saturated heterocycles. The van der Waals surface area contributed by atoms with Gasteiger partial charge in [-0.2, -0.15) is 0 Å². The van der Waals surface area contributed by atoms with Crippen molar-refractivity contribution < 1.29 is 18.8 Å². The van der Waals surface area contributed by atoms with E-state index in [-0.39, 0.29) is 22.4 Å². The number of nitro benzene ring substituents is 1. The molecule has 1 heterocycles. The number of benzene rings is 2. The van der Waals surface area contributed by atoms with Gasteiger partial charge in [-0.15, -0.1) is 0 Å². The average Bonchev–Trinajstić information content (AvgIpc) is 2.66. The van der Waals surface area contributed by atoms with Crippen molar-refractivity contribution in [1.29, 1.82) is 0 Å². The highest BCUT2D eigenvalue weighted by molar-refractivity contribution is 5.83. The molecule has 0 amide bonds. The Bertz CT molecular complexity index is 1100. The highest BCUT2D eigenvalue weighted by Gasteiger charge is 2.18. The fraction of sp³-hybridized carbons (Fsp3) is 0.150. The normalized spacial score (nSPS) is 10.6. The highest BCUT2D eigenvalue weighted by atomic mass is 16.6. The van der Waals surface area contributed by atoms with E-state index in [0.717, 1.165) is 5.57 Å². The zero-order valence-corrected chi connectivity index (χ0v) is 14.9. The number of rotatable bonds is 6. The lowest BCUT2D eigenvalue weighted by atomic mass is 10.0. The predicted octanol–water partition coefficient (Wildman–Crippen LogP) is 4.33. The monoisotopic (exact) mass is 367 g/mol. The molecule has 27 heavy (non-hydrogen) atoms. The van der Waals surface area contributed by atoms with Crippen LogP contribution in [0, 0.1) is 10.1 Å². The maximum atomic E-state index is 12.8. The van der Waals surface area contributed by atoms with Crippen LogP contribution in [0.25, 0.3) is 22.1 Å². The first-order valence-corrected chi connectivity index (χ1v) is 8.06. The van der Waals surface area contributed by atoms with Crippen LogP contribution in [0.15, 0.2) is 64.0 Å². The molecule has 7 heteroatoms. The third-order valence-corrected chi connectivity index (χ3v) is 3.92. The molecule has 2 aromatic carbocycles. The number of hydrogen-bond donors (Lipinski definition) is 0. The summed E-state index contributed by atoms with van der Waals surface area (Å²) in [5, 5.41) is 11.6. The van der Waals surface area contributed by atoms with Gasteiger partial charge in [0, 0.05) is 12.1 Å². The Morgan fingerprint density at radius 1 is 1.26 bits per heavy atom. The van der Waals surface area contributed by atoms with Gasteiger partial charge in [-0.05, 0) is 42.3 Å². The van der Waals surface area contributed by atoms with Crippen LogP contribution < -0.4 is 14.9 Å². The van der Waals surface area contributed by atoms with Crippen LogP contribution >= 0.6 is 0 Å². The average molecular weight is 367 g/mol. The van der Waals surface area contributed by atoms with E-state index < -0.39 is 4.92 Å². The lowest BCUT2D eigenvalue weighted by Gasteiger charge is -2.08. The first-order chi connectivity index (χ1) is 12.9. The van der Waals surface area contributed by atoms with E-state index in [1.54, 1.807) is 24.3 Å². The number of nitrogens with zero attached hydrogens (tertiary/aromatic N) is 1. The van der Waals surface area contributed by atoms with Gasteiger partial charge in [0.15, 0.2) is 11.2 Å². The van der Waals surface area contributed by atoms with Crippen molar-refractivity contribution in [2.24, 2.45) is 0 Å². The lowest BCUT2D eigenvalue weighted by Crippen LogP contribution is -2.06. The number of methoxy groups -OCH3 is 1. The molecule has 0 fully saturated rings. The standard InChI is InChI=1S/C20H17NO6/c1-12(2)10-26-14-5-6-15-19(9-14)27-11-16(20(15)22)13-4-7-18(25-3)17(8-13)21(23)24/h4-9,11H,1,10H2,2-3H3. The number of nitro groups is 1.